The van der Waals surface area contributed by atoms with Gasteiger partial charge in [-0.15, -0.1) is 0 Å². The first kappa shape index (κ1) is 24.5. The Morgan fingerprint density at radius 2 is 1.76 bits per heavy atom. The van der Waals surface area contributed by atoms with Crippen LogP contribution in [0.3, 0.4) is 0 Å². The minimum Gasteiger partial charge on any atom is -0.457 e. The van der Waals surface area contributed by atoms with Crippen molar-refractivity contribution in [1.82, 2.24) is 25.0 Å². The zero-order chi connectivity index (χ0) is 26.6. The number of amides is 3. The van der Waals surface area contributed by atoms with Gasteiger partial charge in [0.2, 0.25) is 5.91 Å². The fourth-order valence-electron chi connectivity index (χ4n) is 3.77. The van der Waals surface area contributed by atoms with Gasteiger partial charge in [0.25, 0.3) is 0 Å². The lowest BCUT2D eigenvalue weighted by atomic mass is 10.1. The van der Waals surface area contributed by atoms with Crippen LogP contribution >= 0.6 is 0 Å². The molecule has 0 bridgehead atoms. The van der Waals surface area contributed by atoms with Crippen molar-refractivity contribution >= 4 is 40.2 Å². The van der Waals surface area contributed by atoms with Gasteiger partial charge in [0.1, 0.15) is 23.1 Å². The molecule has 0 radical (unpaired) electrons. The van der Waals surface area contributed by atoms with Crippen LogP contribution in [0.4, 0.5) is 22.1 Å². The number of nitrogens with one attached hydrogen (secondary N) is 4. The molecule has 3 heterocycles. The summed E-state index contributed by atoms with van der Waals surface area (Å²) in [6, 6.07) is 17.5. The first-order valence-electron chi connectivity index (χ1n) is 12.0. The number of benzene rings is 2. The summed E-state index contributed by atoms with van der Waals surface area (Å²) in [5.74, 6) is 1.98. The number of carbonyl (C=O) groups is 2. The van der Waals surface area contributed by atoms with E-state index in [1.807, 2.05) is 38.1 Å². The number of aromatic nitrogens is 5. The van der Waals surface area contributed by atoms with Crippen LogP contribution in [-0.4, -0.2) is 36.9 Å². The molecule has 3 amide bonds. The molecule has 38 heavy (non-hydrogen) atoms. The van der Waals surface area contributed by atoms with Crippen molar-refractivity contribution in [2.75, 3.05) is 16.0 Å². The molecule has 0 aliphatic carbocycles. The van der Waals surface area contributed by atoms with E-state index in [0.29, 0.717) is 28.8 Å². The van der Waals surface area contributed by atoms with Gasteiger partial charge in [-0.05, 0) is 54.4 Å². The normalized spacial score (nSPS) is 10.9. The minimum absolute atomic E-state index is 0.180. The zero-order valence-corrected chi connectivity index (χ0v) is 21.0. The Labute approximate surface area is 218 Å². The Bertz CT molecular complexity index is 1600. The molecular weight excluding hydrogens is 484 g/mol. The SMILES string of the molecule is CC(=O)Nc1cc(Oc2ccc(NC(=O)Nc3cc(C(C)C)nn3-c3ccc4[nH]ncc4c3)cc2)ccn1. The smallest absolute Gasteiger partial charge is 0.324 e. The van der Waals surface area contributed by atoms with Gasteiger partial charge in [0, 0.05) is 36.3 Å². The highest BCUT2D eigenvalue weighted by Gasteiger charge is 2.15. The maximum absolute atomic E-state index is 12.9. The third-order valence-electron chi connectivity index (χ3n) is 5.61. The second-order valence-corrected chi connectivity index (χ2v) is 8.93. The Morgan fingerprint density at radius 1 is 0.947 bits per heavy atom. The Hall–Kier alpha value is -5.19. The maximum atomic E-state index is 12.9. The summed E-state index contributed by atoms with van der Waals surface area (Å²) in [5, 5.41) is 21.0. The highest BCUT2D eigenvalue weighted by atomic mass is 16.5. The molecule has 0 unspecified atom stereocenters. The highest BCUT2D eigenvalue weighted by Crippen LogP contribution is 2.26. The van der Waals surface area contributed by atoms with Crippen LogP contribution in [0.25, 0.3) is 16.6 Å². The number of H-pyrrole nitrogens is 1. The van der Waals surface area contributed by atoms with Gasteiger partial charge in [-0.2, -0.15) is 10.2 Å². The third-order valence-corrected chi connectivity index (χ3v) is 5.61. The predicted molar refractivity (Wildman–Crippen MR) is 145 cm³/mol. The van der Waals surface area contributed by atoms with Gasteiger partial charge in [0.15, 0.2) is 0 Å². The minimum atomic E-state index is -0.409. The average molecular weight is 511 g/mol. The van der Waals surface area contributed by atoms with Crippen molar-refractivity contribution < 1.29 is 14.3 Å². The van der Waals surface area contributed by atoms with Crippen LogP contribution in [0.1, 0.15) is 32.4 Å². The monoisotopic (exact) mass is 510 g/mol. The summed E-state index contributed by atoms with van der Waals surface area (Å²) < 4.78 is 7.54. The van der Waals surface area contributed by atoms with Crippen molar-refractivity contribution in [3.05, 3.63) is 78.8 Å². The lowest BCUT2D eigenvalue weighted by Gasteiger charge is -2.11. The molecule has 0 aliphatic heterocycles. The van der Waals surface area contributed by atoms with E-state index < -0.39 is 6.03 Å². The number of aromatic amines is 1. The van der Waals surface area contributed by atoms with E-state index in [4.69, 9.17) is 9.84 Å². The topological polar surface area (TPSA) is 139 Å². The van der Waals surface area contributed by atoms with E-state index in [0.717, 1.165) is 22.3 Å². The molecule has 4 N–H and O–H groups in total. The lowest BCUT2D eigenvalue weighted by Crippen LogP contribution is -2.21. The summed E-state index contributed by atoms with van der Waals surface area (Å²) in [4.78, 5) is 28.2. The Balaban J connectivity index is 1.28. The number of urea groups is 1. The number of fused-ring (bicyclic) bond motifs is 1. The van der Waals surface area contributed by atoms with Gasteiger partial charge in [-0.1, -0.05) is 13.8 Å². The zero-order valence-electron chi connectivity index (χ0n) is 21.0. The third kappa shape index (κ3) is 5.62. The number of hydrogen-bond acceptors (Lipinski definition) is 6. The molecule has 11 heteroatoms. The van der Waals surface area contributed by atoms with Gasteiger partial charge >= 0.3 is 6.03 Å². The number of pyridine rings is 1. The molecule has 0 atom stereocenters. The van der Waals surface area contributed by atoms with Crippen LogP contribution in [0.2, 0.25) is 0 Å². The number of hydrogen-bond donors (Lipinski definition) is 4. The predicted octanol–water partition coefficient (Wildman–Crippen LogP) is 5.66. The Morgan fingerprint density at radius 3 is 2.53 bits per heavy atom. The summed E-state index contributed by atoms with van der Waals surface area (Å²) in [6.45, 7) is 5.51. The number of carbonyl (C=O) groups excluding carboxylic acids is 2. The van der Waals surface area contributed by atoms with E-state index in [-0.39, 0.29) is 11.8 Å². The lowest BCUT2D eigenvalue weighted by molar-refractivity contribution is -0.114. The second-order valence-electron chi connectivity index (χ2n) is 8.93. The fraction of sp³-hybridized carbons (Fsp3) is 0.148. The molecule has 0 saturated heterocycles. The van der Waals surface area contributed by atoms with Crippen molar-refractivity contribution in [3.63, 3.8) is 0 Å². The van der Waals surface area contributed by atoms with Crippen LogP contribution in [0.15, 0.2) is 73.1 Å². The van der Waals surface area contributed by atoms with Crippen molar-refractivity contribution in [1.29, 1.82) is 0 Å². The molecule has 5 rings (SSSR count). The molecule has 0 saturated carbocycles. The maximum Gasteiger partial charge on any atom is 0.324 e. The first-order chi connectivity index (χ1) is 18.3. The van der Waals surface area contributed by atoms with Gasteiger partial charge in [-0.25, -0.2) is 14.5 Å². The van der Waals surface area contributed by atoms with Crippen LogP contribution < -0.4 is 20.7 Å². The van der Waals surface area contributed by atoms with E-state index >= 15 is 0 Å². The van der Waals surface area contributed by atoms with Crippen LogP contribution in [0, 0.1) is 0 Å². The standard InChI is InChI=1S/C27H26N8O3/c1-16(2)24-14-26(35(34-24)20-6-9-23-18(12-20)15-29-33-23)32-27(37)31-19-4-7-21(8-5-19)38-22-10-11-28-25(13-22)30-17(3)36/h4-16H,1-3H3,(H,29,33)(H,28,30,36)(H2,31,32,37). The van der Waals surface area contributed by atoms with E-state index in [2.05, 4.69) is 31.1 Å². The van der Waals surface area contributed by atoms with Crippen molar-refractivity contribution in [2.45, 2.75) is 26.7 Å². The Kier molecular flexibility index (Phi) is 6.72. The van der Waals surface area contributed by atoms with Crippen molar-refractivity contribution in [2.24, 2.45) is 0 Å². The average Bonchev–Trinajstić information content (AvgIpc) is 3.52. The first-order valence-corrected chi connectivity index (χ1v) is 12.0. The van der Waals surface area contributed by atoms with E-state index in [9.17, 15) is 9.59 Å². The number of anilines is 3. The summed E-state index contributed by atoms with van der Waals surface area (Å²) >= 11 is 0. The number of rotatable bonds is 7. The molecular formula is C27H26N8O3. The number of nitrogens with zero attached hydrogens (tertiary/aromatic N) is 4. The molecule has 0 aliphatic rings. The molecule has 5 aromatic rings. The molecule has 2 aromatic carbocycles. The molecule has 11 nitrogen and oxygen atoms in total. The van der Waals surface area contributed by atoms with Crippen molar-refractivity contribution in [3.8, 4) is 17.2 Å². The van der Waals surface area contributed by atoms with E-state index in [1.165, 1.54) is 6.92 Å². The second kappa shape index (κ2) is 10.4. The van der Waals surface area contributed by atoms with E-state index in [1.54, 1.807) is 53.5 Å². The number of ether oxygens (including phenoxy) is 1. The fourth-order valence-corrected chi connectivity index (χ4v) is 3.77. The van der Waals surface area contributed by atoms with Crippen LogP contribution in [-0.2, 0) is 4.79 Å². The molecule has 3 aromatic heterocycles. The summed E-state index contributed by atoms with van der Waals surface area (Å²) in [7, 11) is 0. The molecule has 192 valence electrons. The highest BCUT2D eigenvalue weighted by molar-refractivity contribution is 5.99. The van der Waals surface area contributed by atoms with Crippen LogP contribution in [0.5, 0.6) is 11.5 Å². The largest absolute Gasteiger partial charge is 0.457 e. The molecule has 0 fully saturated rings. The van der Waals surface area contributed by atoms with Gasteiger partial charge in [-0.3, -0.25) is 15.2 Å². The summed E-state index contributed by atoms with van der Waals surface area (Å²) in [5.41, 5.74) is 3.16. The van der Waals surface area contributed by atoms with Gasteiger partial charge in [0.05, 0.1) is 23.1 Å². The summed E-state index contributed by atoms with van der Waals surface area (Å²) in [6.07, 6.45) is 3.29. The van der Waals surface area contributed by atoms with Gasteiger partial charge < -0.3 is 15.4 Å². The quantitative estimate of drug-likeness (QED) is 0.223. The molecule has 0 spiro atoms.